The van der Waals surface area contributed by atoms with Gasteiger partial charge >= 0.3 is 5.38 Å². The van der Waals surface area contributed by atoms with Crippen molar-refractivity contribution < 1.29 is 18.3 Å². The first kappa shape index (κ1) is 12.9. The predicted octanol–water partition coefficient (Wildman–Crippen LogP) is 3.49. The molecule has 0 radical (unpaired) electrons. The van der Waals surface area contributed by atoms with Gasteiger partial charge in [0, 0.05) is 5.56 Å². The number of ketones is 1. The van der Waals surface area contributed by atoms with E-state index in [1.54, 1.807) is 0 Å². The number of Topliss-reactive ketones (excluding diaryl/α,β-unsaturated/α-hetero) is 1. The van der Waals surface area contributed by atoms with Crippen LogP contribution < -0.4 is 4.74 Å². The van der Waals surface area contributed by atoms with Gasteiger partial charge in [0.1, 0.15) is 5.75 Å². The van der Waals surface area contributed by atoms with Crippen molar-refractivity contribution in [2.75, 3.05) is 0 Å². The highest BCUT2D eigenvalue weighted by Gasteiger charge is 2.36. The zero-order valence-electron chi connectivity index (χ0n) is 8.84. The minimum atomic E-state index is -3.86. The second-order valence-electron chi connectivity index (χ2n) is 3.52. The first-order valence-electron chi connectivity index (χ1n) is 4.69. The lowest BCUT2D eigenvalue weighted by molar-refractivity contribution is 0.0536. The molecule has 0 amide bonds. The molecule has 0 fully saturated rings. The Kier molecular flexibility index (Phi) is 3.86. The molecule has 0 atom stereocenters. The topological polar surface area (TPSA) is 26.3 Å². The van der Waals surface area contributed by atoms with Crippen molar-refractivity contribution in [1.82, 2.24) is 0 Å². The maximum Gasteiger partial charge on any atom is 0.384 e. The van der Waals surface area contributed by atoms with Gasteiger partial charge in [-0.1, -0.05) is 0 Å². The summed E-state index contributed by atoms with van der Waals surface area (Å²) in [5.41, 5.74) is -0.142. The van der Waals surface area contributed by atoms with Crippen LogP contribution in [0.5, 0.6) is 5.75 Å². The van der Waals surface area contributed by atoms with Gasteiger partial charge in [-0.05, 0) is 49.7 Å². The molecule has 1 aromatic carbocycles. The lowest BCUT2D eigenvalue weighted by Gasteiger charge is -2.10. The van der Waals surface area contributed by atoms with Crippen LogP contribution in [0.3, 0.4) is 0 Å². The lowest BCUT2D eigenvalue weighted by Crippen LogP contribution is -2.21. The highest BCUT2D eigenvalue weighted by molar-refractivity contribution is 6.35. The van der Waals surface area contributed by atoms with E-state index in [4.69, 9.17) is 4.74 Å². The highest BCUT2D eigenvalue weighted by atomic mass is 35.5. The molecule has 16 heavy (non-hydrogen) atoms. The summed E-state index contributed by atoms with van der Waals surface area (Å²) in [6.45, 7) is 3.68. The fourth-order valence-electron chi connectivity index (χ4n) is 1.12. The van der Waals surface area contributed by atoms with Crippen LogP contribution in [-0.4, -0.2) is 17.3 Å². The van der Waals surface area contributed by atoms with E-state index in [2.05, 4.69) is 11.6 Å². The molecule has 0 aromatic heterocycles. The molecule has 0 aliphatic heterocycles. The molecule has 0 bridgehead atoms. The predicted molar refractivity (Wildman–Crippen MR) is 57.3 cm³/mol. The Hall–Kier alpha value is -1.16. The van der Waals surface area contributed by atoms with Gasteiger partial charge in [0.15, 0.2) is 0 Å². The third-order valence-corrected chi connectivity index (χ3v) is 1.92. The second-order valence-corrected chi connectivity index (χ2v) is 3.99. The van der Waals surface area contributed by atoms with E-state index >= 15 is 0 Å². The van der Waals surface area contributed by atoms with E-state index < -0.39 is 11.2 Å². The Bertz CT molecular complexity index is 369. The molecule has 1 aromatic rings. The number of rotatable bonds is 4. The fraction of sp³-hybridized carbons (Fsp3) is 0.364. The Morgan fingerprint density at radius 3 is 2.19 bits per heavy atom. The van der Waals surface area contributed by atoms with E-state index in [1.165, 1.54) is 24.3 Å². The number of benzene rings is 1. The number of ether oxygens (including phenoxy) is 1. The van der Waals surface area contributed by atoms with Crippen molar-refractivity contribution in [2.24, 2.45) is 0 Å². The van der Waals surface area contributed by atoms with E-state index in [1.807, 2.05) is 13.8 Å². The maximum absolute atomic E-state index is 12.5. The van der Waals surface area contributed by atoms with E-state index in [0.29, 0.717) is 5.75 Å². The molecule has 0 saturated heterocycles. The minimum absolute atomic E-state index is 0.0176. The van der Waals surface area contributed by atoms with E-state index in [0.717, 1.165) is 0 Å². The van der Waals surface area contributed by atoms with Gasteiger partial charge in [-0.25, -0.2) is 0 Å². The number of halogens is 3. The molecule has 0 aliphatic rings. The van der Waals surface area contributed by atoms with E-state index in [9.17, 15) is 13.6 Å². The van der Waals surface area contributed by atoms with Crippen molar-refractivity contribution in [2.45, 2.75) is 25.3 Å². The molecule has 0 N–H and O–H groups in total. The number of hydrogen-bond donors (Lipinski definition) is 0. The van der Waals surface area contributed by atoms with Crippen molar-refractivity contribution in [3.05, 3.63) is 29.8 Å². The Morgan fingerprint density at radius 2 is 1.81 bits per heavy atom. The van der Waals surface area contributed by atoms with Crippen molar-refractivity contribution in [1.29, 1.82) is 0 Å². The summed E-state index contributed by atoms with van der Waals surface area (Å²) in [6, 6.07) is 5.43. The summed E-state index contributed by atoms with van der Waals surface area (Å²) in [5.74, 6) is -0.894. The molecule has 88 valence electrons. The number of carbonyl (C=O) groups excluding carboxylic acids is 1. The monoisotopic (exact) mass is 248 g/mol. The van der Waals surface area contributed by atoms with Crippen molar-refractivity contribution in [3.8, 4) is 5.75 Å². The SMILES string of the molecule is CC(C)Oc1ccc(C(=O)C(F)(F)Cl)cc1. The molecule has 0 unspecified atom stereocenters. The molecule has 0 aliphatic carbocycles. The molecule has 5 heteroatoms. The average molecular weight is 249 g/mol. The summed E-state index contributed by atoms with van der Waals surface area (Å²) in [5, 5.41) is -3.86. The van der Waals surface area contributed by atoms with Gasteiger partial charge in [-0.3, -0.25) is 4.79 Å². The first-order valence-corrected chi connectivity index (χ1v) is 5.06. The van der Waals surface area contributed by atoms with Crippen LogP contribution >= 0.6 is 11.6 Å². The smallest absolute Gasteiger partial charge is 0.384 e. The number of hydrogen-bond acceptors (Lipinski definition) is 2. The van der Waals surface area contributed by atoms with Crippen molar-refractivity contribution in [3.63, 3.8) is 0 Å². The van der Waals surface area contributed by atoms with Gasteiger partial charge in [0.25, 0.3) is 0 Å². The normalized spacial score (nSPS) is 11.6. The summed E-state index contributed by atoms with van der Waals surface area (Å²) >= 11 is 4.63. The highest BCUT2D eigenvalue weighted by Crippen LogP contribution is 2.25. The zero-order chi connectivity index (χ0) is 12.3. The minimum Gasteiger partial charge on any atom is -0.491 e. The molecule has 0 saturated carbocycles. The molecular formula is C11H11ClF2O2. The number of carbonyl (C=O) groups is 1. The van der Waals surface area contributed by atoms with Crippen LogP contribution in [-0.2, 0) is 0 Å². The largest absolute Gasteiger partial charge is 0.491 e. The second kappa shape index (κ2) is 4.78. The summed E-state index contributed by atoms with van der Waals surface area (Å²) in [7, 11) is 0. The third kappa shape index (κ3) is 3.45. The lowest BCUT2D eigenvalue weighted by atomic mass is 10.1. The Labute approximate surface area is 97.2 Å². The van der Waals surface area contributed by atoms with Crippen LogP contribution in [0.2, 0.25) is 0 Å². The third-order valence-electron chi connectivity index (χ3n) is 1.75. The molecule has 2 nitrogen and oxygen atoms in total. The molecule has 0 heterocycles. The van der Waals surface area contributed by atoms with Crippen LogP contribution in [0.1, 0.15) is 24.2 Å². The van der Waals surface area contributed by atoms with Gasteiger partial charge in [0.05, 0.1) is 6.10 Å². The van der Waals surface area contributed by atoms with Gasteiger partial charge in [-0.2, -0.15) is 8.78 Å². The van der Waals surface area contributed by atoms with Gasteiger partial charge in [-0.15, -0.1) is 0 Å². The standard InChI is InChI=1S/C11H11ClF2O2/c1-7(2)16-9-5-3-8(4-6-9)10(15)11(12,13)14/h3-7H,1-2H3. The number of alkyl halides is 3. The van der Waals surface area contributed by atoms with Gasteiger partial charge < -0.3 is 4.74 Å². The zero-order valence-corrected chi connectivity index (χ0v) is 9.59. The van der Waals surface area contributed by atoms with Crippen LogP contribution in [0, 0.1) is 0 Å². The van der Waals surface area contributed by atoms with Gasteiger partial charge in [0.2, 0.25) is 5.78 Å². The molecule has 0 spiro atoms. The van der Waals surface area contributed by atoms with Crippen LogP contribution in [0.15, 0.2) is 24.3 Å². The van der Waals surface area contributed by atoms with Crippen LogP contribution in [0.25, 0.3) is 0 Å². The maximum atomic E-state index is 12.5. The Balaban J connectivity index is 2.83. The summed E-state index contributed by atoms with van der Waals surface area (Å²) < 4.78 is 30.3. The average Bonchev–Trinajstić information content (AvgIpc) is 2.15. The molecule has 1 rings (SSSR count). The fourth-order valence-corrected chi connectivity index (χ4v) is 1.23. The first-order chi connectivity index (χ1) is 7.30. The van der Waals surface area contributed by atoms with Crippen molar-refractivity contribution >= 4 is 17.4 Å². The summed E-state index contributed by atoms with van der Waals surface area (Å²) in [4.78, 5) is 11.1. The Morgan fingerprint density at radius 1 is 1.31 bits per heavy atom. The van der Waals surface area contributed by atoms with E-state index in [-0.39, 0.29) is 11.7 Å². The van der Waals surface area contributed by atoms with Crippen LogP contribution in [0.4, 0.5) is 8.78 Å². The molecular weight excluding hydrogens is 238 g/mol. The summed E-state index contributed by atoms with van der Waals surface area (Å²) in [6.07, 6.45) is -0.0176. The quantitative estimate of drug-likeness (QED) is 0.602.